The molecule has 1 aromatic rings. The fraction of sp³-hybridized carbons (Fsp3) is 0.615. The molecule has 1 aromatic heterocycles. The monoisotopic (exact) mass is 217 g/mol. The van der Waals surface area contributed by atoms with E-state index >= 15 is 0 Å². The van der Waals surface area contributed by atoms with Gasteiger partial charge < -0.3 is 10.6 Å². The first-order valence-electron chi connectivity index (χ1n) is 6.08. The molecule has 86 valence electrons. The van der Waals surface area contributed by atoms with Crippen molar-refractivity contribution in [3.05, 3.63) is 29.6 Å². The van der Waals surface area contributed by atoms with E-state index < -0.39 is 0 Å². The van der Waals surface area contributed by atoms with Crippen LogP contribution in [0.5, 0.6) is 0 Å². The average molecular weight is 217 g/mol. The number of aromatic nitrogens is 1. The first-order valence-corrected chi connectivity index (χ1v) is 6.08. The van der Waals surface area contributed by atoms with Crippen molar-refractivity contribution in [1.82, 2.24) is 9.88 Å². The highest BCUT2D eigenvalue weighted by Crippen LogP contribution is 2.50. The summed E-state index contributed by atoms with van der Waals surface area (Å²) >= 11 is 0. The molecule has 2 heterocycles. The second-order valence-corrected chi connectivity index (χ2v) is 5.39. The van der Waals surface area contributed by atoms with Crippen LogP contribution in [0.1, 0.15) is 30.0 Å². The molecule has 0 saturated carbocycles. The number of rotatable bonds is 0. The van der Waals surface area contributed by atoms with Crippen molar-refractivity contribution in [1.29, 1.82) is 0 Å². The van der Waals surface area contributed by atoms with Crippen LogP contribution >= 0.6 is 0 Å². The molecule has 1 fully saturated rings. The summed E-state index contributed by atoms with van der Waals surface area (Å²) in [6.07, 6.45) is 7.44. The molecule has 0 bridgehead atoms. The van der Waals surface area contributed by atoms with Crippen molar-refractivity contribution in [2.45, 2.75) is 25.3 Å². The summed E-state index contributed by atoms with van der Waals surface area (Å²) in [6, 6.07) is 2.33. The van der Waals surface area contributed by atoms with Crippen LogP contribution in [0.3, 0.4) is 0 Å². The molecule has 1 saturated heterocycles. The van der Waals surface area contributed by atoms with Crippen LogP contribution in [0.15, 0.2) is 18.5 Å². The molecule has 2 aliphatic rings. The van der Waals surface area contributed by atoms with Gasteiger partial charge in [-0.15, -0.1) is 0 Å². The third-order valence-electron chi connectivity index (χ3n) is 4.46. The summed E-state index contributed by atoms with van der Waals surface area (Å²) in [7, 11) is 2.20. The first kappa shape index (κ1) is 10.2. The van der Waals surface area contributed by atoms with Gasteiger partial charge in [-0.05, 0) is 62.0 Å². The van der Waals surface area contributed by atoms with Gasteiger partial charge in [0.05, 0.1) is 0 Å². The molecular weight excluding hydrogens is 198 g/mol. The number of piperidine rings is 1. The smallest absolute Gasteiger partial charge is 0.0360 e. The van der Waals surface area contributed by atoms with Gasteiger partial charge in [-0.1, -0.05) is 0 Å². The van der Waals surface area contributed by atoms with Gasteiger partial charge in [-0.3, -0.25) is 4.98 Å². The Kier molecular flexibility index (Phi) is 2.26. The Hall–Kier alpha value is -0.930. The zero-order chi connectivity index (χ0) is 11.2. The van der Waals surface area contributed by atoms with Crippen LogP contribution in [0, 0.1) is 5.41 Å². The molecule has 1 atom stereocenters. The molecule has 3 heteroatoms. The highest BCUT2D eigenvalue weighted by Gasteiger charge is 2.45. The lowest BCUT2D eigenvalue weighted by atomic mass is 9.73. The van der Waals surface area contributed by atoms with Gasteiger partial charge in [-0.25, -0.2) is 0 Å². The molecule has 0 aromatic carbocycles. The summed E-state index contributed by atoms with van der Waals surface area (Å²) in [6.45, 7) is 2.35. The lowest BCUT2D eigenvalue weighted by molar-refractivity contribution is 0.106. The maximum atomic E-state index is 6.46. The predicted octanol–water partition coefficient (Wildman–Crippen LogP) is 1.35. The van der Waals surface area contributed by atoms with E-state index in [4.69, 9.17) is 5.73 Å². The Balaban J connectivity index is 1.91. The summed E-state index contributed by atoms with van der Waals surface area (Å²) in [4.78, 5) is 6.62. The number of pyridine rings is 1. The van der Waals surface area contributed by atoms with E-state index in [0.29, 0.717) is 5.41 Å². The van der Waals surface area contributed by atoms with Crippen molar-refractivity contribution in [3.63, 3.8) is 0 Å². The van der Waals surface area contributed by atoms with Crippen LogP contribution in [-0.4, -0.2) is 30.0 Å². The number of hydrogen-bond acceptors (Lipinski definition) is 3. The number of nitrogens with zero attached hydrogens (tertiary/aromatic N) is 2. The molecule has 1 unspecified atom stereocenters. The number of hydrogen-bond donors (Lipinski definition) is 1. The highest BCUT2D eigenvalue weighted by atomic mass is 15.1. The van der Waals surface area contributed by atoms with Gasteiger partial charge in [0.15, 0.2) is 0 Å². The largest absolute Gasteiger partial charge is 0.323 e. The SMILES string of the molecule is CN1CCC2(CC1)Cc1cnccc1C2N. The maximum absolute atomic E-state index is 6.46. The van der Waals surface area contributed by atoms with Crippen molar-refractivity contribution < 1.29 is 0 Å². The summed E-state index contributed by atoms with van der Waals surface area (Å²) in [5.74, 6) is 0. The lowest BCUT2D eigenvalue weighted by Gasteiger charge is -2.41. The predicted molar refractivity (Wildman–Crippen MR) is 64.0 cm³/mol. The Labute approximate surface area is 96.7 Å². The Morgan fingerprint density at radius 1 is 1.44 bits per heavy atom. The molecule has 1 spiro atoms. The summed E-state index contributed by atoms with van der Waals surface area (Å²) in [5.41, 5.74) is 9.48. The lowest BCUT2D eigenvalue weighted by Crippen LogP contribution is -2.42. The van der Waals surface area contributed by atoms with E-state index in [1.165, 1.54) is 37.1 Å². The average Bonchev–Trinajstić information content (AvgIpc) is 2.58. The fourth-order valence-electron chi connectivity index (χ4n) is 3.26. The summed E-state index contributed by atoms with van der Waals surface area (Å²) in [5, 5.41) is 0. The van der Waals surface area contributed by atoms with E-state index in [1.807, 2.05) is 12.4 Å². The molecule has 3 nitrogen and oxygen atoms in total. The van der Waals surface area contributed by atoms with Crippen molar-refractivity contribution >= 4 is 0 Å². The van der Waals surface area contributed by atoms with E-state index in [1.54, 1.807) is 0 Å². The Bertz CT molecular complexity index is 394. The molecule has 16 heavy (non-hydrogen) atoms. The minimum absolute atomic E-state index is 0.221. The molecule has 1 aliphatic heterocycles. The van der Waals surface area contributed by atoms with Crippen molar-refractivity contribution in [2.75, 3.05) is 20.1 Å². The highest BCUT2D eigenvalue weighted by molar-refractivity contribution is 5.35. The van der Waals surface area contributed by atoms with Gasteiger partial charge in [0, 0.05) is 18.4 Å². The molecule has 0 radical (unpaired) electrons. The second kappa shape index (κ2) is 3.54. The van der Waals surface area contributed by atoms with Crippen molar-refractivity contribution in [3.8, 4) is 0 Å². The number of likely N-dealkylation sites (tertiary alicyclic amines) is 1. The maximum Gasteiger partial charge on any atom is 0.0360 e. The minimum atomic E-state index is 0.221. The molecule has 3 rings (SSSR count). The van der Waals surface area contributed by atoms with Gasteiger partial charge in [0.1, 0.15) is 0 Å². The van der Waals surface area contributed by atoms with Crippen LogP contribution in [0.25, 0.3) is 0 Å². The van der Waals surface area contributed by atoms with E-state index in [-0.39, 0.29) is 6.04 Å². The van der Waals surface area contributed by atoms with Gasteiger partial charge >= 0.3 is 0 Å². The van der Waals surface area contributed by atoms with Crippen molar-refractivity contribution in [2.24, 2.45) is 11.1 Å². The second-order valence-electron chi connectivity index (χ2n) is 5.39. The molecule has 1 aliphatic carbocycles. The minimum Gasteiger partial charge on any atom is -0.323 e. The fourth-order valence-corrected chi connectivity index (χ4v) is 3.26. The van der Waals surface area contributed by atoms with E-state index in [2.05, 4.69) is 23.0 Å². The zero-order valence-electron chi connectivity index (χ0n) is 9.82. The topological polar surface area (TPSA) is 42.2 Å². The normalized spacial score (nSPS) is 28.2. The van der Waals surface area contributed by atoms with Gasteiger partial charge in [-0.2, -0.15) is 0 Å². The van der Waals surface area contributed by atoms with Crippen LogP contribution in [0.4, 0.5) is 0 Å². The summed E-state index contributed by atoms with van der Waals surface area (Å²) < 4.78 is 0. The third kappa shape index (κ3) is 1.39. The molecular formula is C13H19N3. The van der Waals surface area contributed by atoms with Gasteiger partial charge in [0.2, 0.25) is 0 Å². The quantitative estimate of drug-likeness (QED) is 0.713. The molecule has 2 N–H and O–H groups in total. The number of fused-ring (bicyclic) bond motifs is 1. The Morgan fingerprint density at radius 3 is 2.88 bits per heavy atom. The van der Waals surface area contributed by atoms with E-state index in [0.717, 1.165) is 6.42 Å². The number of nitrogens with two attached hydrogens (primary N) is 1. The molecule has 0 amide bonds. The van der Waals surface area contributed by atoms with Crippen LogP contribution in [0.2, 0.25) is 0 Å². The third-order valence-corrected chi connectivity index (χ3v) is 4.46. The van der Waals surface area contributed by atoms with Crippen LogP contribution < -0.4 is 5.73 Å². The Morgan fingerprint density at radius 2 is 2.19 bits per heavy atom. The zero-order valence-corrected chi connectivity index (χ0v) is 9.82. The standard InChI is InChI=1S/C13H19N3/c1-16-6-3-13(4-7-16)8-10-9-15-5-2-11(10)12(13)14/h2,5,9,12H,3-4,6-8,14H2,1H3. The van der Waals surface area contributed by atoms with E-state index in [9.17, 15) is 0 Å². The van der Waals surface area contributed by atoms with Gasteiger partial charge in [0.25, 0.3) is 0 Å². The van der Waals surface area contributed by atoms with Crippen LogP contribution in [-0.2, 0) is 6.42 Å². The first-order chi connectivity index (χ1) is 7.71.